The van der Waals surface area contributed by atoms with Crippen LogP contribution in [0.1, 0.15) is 69.4 Å². The van der Waals surface area contributed by atoms with Gasteiger partial charge in [-0.3, -0.25) is 4.90 Å². The molecule has 3 heterocycles. The summed E-state index contributed by atoms with van der Waals surface area (Å²) in [6.45, 7) is 13.4. The fraction of sp³-hybridized carbons (Fsp3) is 0.630. The van der Waals surface area contributed by atoms with Gasteiger partial charge >= 0.3 is 0 Å². The Morgan fingerprint density at radius 3 is 2.59 bits per heavy atom. The average Bonchev–Trinajstić information content (AvgIpc) is 3.29. The quantitative estimate of drug-likeness (QED) is 0.560. The van der Waals surface area contributed by atoms with Crippen LogP contribution in [0.2, 0.25) is 0 Å². The van der Waals surface area contributed by atoms with E-state index in [0.717, 1.165) is 32.6 Å². The van der Waals surface area contributed by atoms with Crippen molar-refractivity contribution in [2.75, 3.05) is 45.6 Å². The molecular weight excluding hydrogens is 414 g/mol. The zero-order chi connectivity index (χ0) is 22.9. The summed E-state index contributed by atoms with van der Waals surface area (Å²) in [5.74, 6) is 0.473. The van der Waals surface area contributed by atoms with Gasteiger partial charge in [0.15, 0.2) is 0 Å². The second-order valence-electron chi connectivity index (χ2n) is 10.8. The molecule has 0 amide bonds. The molecule has 0 radical (unpaired) electrons. The van der Waals surface area contributed by atoms with E-state index in [1.54, 1.807) is 11.3 Å². The predicted molar refractivity (Wildman–Crippen MR) is 137 cm³/mol. The lowest BCUT2D eigenvalue weighted by Gasteiger charge is -2.46. The minimum absolute atomic E-state index is 0.133. The fourth-order valence-electron chi connectivity index (χ4n) is 5.15. The van der Waals surface area contributed by atoms with Gasteiger partial charge in [0.1, 0.15) is 0 Å². The SMILES string of the molecule is CCN(CCN(C)C)CC1CCC2C(c3ccsc3)Nc3ccc(C(C)(C)C)cc3C2O1. The zero-order valence-corrected chi connectivity index (χ0v) is 21.5. The first-order valence-corrected chi connectivity index (χ1v) is 13.2. The standard InChI is InChI=1S/C27H41N3OS/c1-7-30(14-13-29(5)6)17-21-9-10-22-25(19-12-15-32-18-19)28-24-11-8-20(27(2,3)4)16-23(24)26(22)31-21/h8,11-12,15-16,18,21-22,25-26,28H,7,9-10,13-14,17H2,1-6H3. The Balaban J connectivity index is 1.60. The third kappa shape index (κ3) is 5.22. The smallest absolute Gasteiger partial charge is 0.0900 e. The Morgan fingerprint density at radius 2 is 1.94 bits per heavy atom. The highest BCUT2D eigenvalue weighted by Gasteiger charge is 2.43. The molecule has 32 heavy (non-hydrogen) atoms. The predicted octanol–water partition coefficient (Wildman–Crippen LogP) is 5.93. The summed E-state index contributed by atoms with van der Waals surface area (Å²) in [5.41, 5.74) is 5.52. The van der Waals surface area contributed by atoms with Crippen LogP contribution < -0.4 is 5.32 Å². The Bertz CT molecular complexity index is 874. The van der Waals surface area contributed by atoms with Crippen molar-refractivity contribution in [2.45, 2.75) is 64.2 Å². The van der Waals surface area contributed by atoms with Gasteiger partial charge in [0.05, 0.1) is 18.2 Å². The molecule has 1 N–H and O–H groups in total. The molecule has 2 aliphatic rings. The molecule has 4 nitrogen and oxygen atoms in total. The Hall–Kier alpha value is -1.40. The topological polar surface area (TPSA) is 27.7 Å². The number of ether oxygens (including phenoxy) is 1. The van der Waals surface area contributed by atoms with Crippen LogP contribution in [-0.2, 0) is 10.2 Å². The number of rotatable bonds is 7. The van der Waals surface area contributed by atoms with Gasteiger partial charge in [-0.05, 0) is 72.9 Å². The van der Waals surface area contributed by atoms with E-state index in [1.807, 2.05) is 0 Å². The van der Waals surface area contributed by atoms with Crippen molar-refractivity contribution in [1.29, 1.82) is 0 Å². The Labute approximate surface area is 199 Å². The van der Waals surface area contributed by atoms with Crippen molar-refractivity contribution in [3.05, 3.63) is 51.7 Å². The number of likely N-dealkylation sites (N-methyl/N-ethyl adjacent to an activating group) is 2. The first-order chi connectivity index (χ1) is 15.3. The van der Waals surface area contributed by atoms with Crippen LogP contribution in [-0.4, -0.2) is 56.2 Å². The monoisotopic (exact) mass is 455 g/mol. The van der Waals surface area contributed by atoms with Crippen molar-refractivity contribution in [3.8, 4) is 0 Å². The van der Waals surface area contributed by atoms with E-state index >= 15 is 0 Å². The third-order valence-electron chi connectivity index (χ3n) is 7.19. The lowest BCUT2D eigenvalue weighted by Crippen LogP contribution is -2.44. The van der Waals surface area contributed by atoms with Crippen LogP contribution in [0.5, 0.6) is 0 Å². The van der Waals surface area contributed by atoms with Crippen molar-refractivity contribution in [2.24, 2.45) is 5.92 Å². The van der Waals surface area contributed by atoms with E-state index in [-0.39, 0.29) is 11.5 Å². The number of benzene rings is 1. The van der Waals surface area contributed by atoms with E-state index in [9.17, 15) is 0 Å². The normalized spacial score (nSPS) is 25.5. The highest BCUT2D eigenvalue weighted by molar-refractivity contribution is 7.08. The summed E-state index contributed by atoms with van der Waals surface area (Å²) in [6, 6.07) is 9.59. The van der Waals surface area contributed by atoms with Crippen LogP contribution in [0.4, 0.5) is 5.69 Å². The van der Waals surface area contributed by atoms with E-state index < -0.39 is 0 Å². The molecule has 1 aromatic carbocycles. The van der Waals surface area contributed by atoms with Gasteiger partial charge in [0.25, 0.3) is 0 Å². The van der Waals surface area contributed by atoms with Gasteiger partial charge in [-0.25, -0.2) is 0 Å². The molecule has 4 unspecified atom stereocenters. The minimum atomic E-state index is 0.133. The second-order valence-corrected chi connectivity index (χ2v) is 11.6. The highest BCUT2D eigenvalue weighted by atomic mass is 32.1. The Kier molecular flexibility index (Phi) is 7.30. The molecule has 1 saturated heterocycles. The van der Waals surface area contributed by atoms with Gasteiger partial charge in [-0.2, -0.15) is 11.3 Å². The van der Waals surface area contributed by atoms with Crippen LogP contribution in [0, 0.1) is 5.92 Å². The second kappa shape index (κ2) is 9.84. The highest BCUT2D eigenvalue weighted by Crippen LogP contribution is 2.51. The summed E-state index contributed by atoms with van der Waals surface area (Å²) in [7, 11) is 4.30. The van der Waals surface area contributed by atoms with Crippen molar-refractivity contribution >= 4 is 17.0 Å². The summed E-state index contributed by atoms with van der Waals surface area (Å²) in [4.78, 5) is 4.82. The Morgan fingerprint density at radius 1 is 1.12 bits per heavy atom. The van der Waals surface area contributed by atoms with Crippen molar-refractivity contribution in [3.63, 3.8) is 0 Å². The zero-order valence-electron chi connectivity index (χ0n) is 20.7. The lowest BCUT2D eigenvalue weighted by molar-refractivity contribution is -0.102. The maximum atomic E-state index is 6.96. The fourth-order valence-corrected chi connectivity index (χ4v) is 5.84. The molecule has 0 aliphatic carbocycles. The van der Waals surface area contributed by atoms with E-state index in [4.69, 9.17) is 4.74 Å². The van der Waals surface area contributed by atoms with Crippen LogP contribution in [0.15, 0.2) is 35.0 Å². The molecule has 0 saturated carbocycles. The number of nitrogens with zero attached hydrogens (tertiary/aromatic N) is 2. The summed E-state index contributed by atoms with van der Waals surface area (Å²) >= 11 is 1.79. The van der Waals surface area contributed by atoms with Gasteiger partial charge in [-0.15, -0.1) is 0 Å². The molecule has 4 atom stereocenters. The number of hydrogen-bond acceptors (Lipinski definition) is 5. The largest absolute Gasteiger partial charge is 0.378 e. The summed E-state index contributed by atoms with van der Waals surface area (Å²) in [5, 5.41) is 8.38. The summed E-state index contributed by atoms with van der Waals surface area (Å²) < 4.78 is 6.96. The molecule has 1 aromatic heterocycles. The molecule has 5 heteroatoms. The van der Waals surface area contributed by atoms with Gasteiger partial charge in [-0.1, -0.05) is 39.8 Å². The number of thiophene rings is 1. The van der Waals surface area contributed by atoms with Gasteiger partial charge in [0, 0.05) is 36.8 Å². The first kappa shape index (κ1) is 23.7. The van der Waals surface area contributed by atoms with E-state index in [2.05, 4.69) is 91.9 Å². The van der Waals surface area contributed by atoms with Crippen LogP contribution in [0.25, 0.3) is 0 Å². The third-order valence-corrected chi connectivity index (χ3v) is 7.89. The molecule has 0 bridgehead atoms. The molecule has 2 aliphatic heterocycles. The molecule has 4 rings (SSSR count). The number of anilines is 1. The maximum Gasteiger partial charge on any atom is 0.0900 e. The van der Waals surface area contributed by atoms with Gasteiger partial charge < -0.3 is 15.0 Å². The molecule has 176 valence electrons. The number of hydrogen-bond donors (Lipinski definition) is 1. The van der Waals surface area contributed by atoms with Crippen molar-refractivity contribution in [1.82, 2.24) is 9.80 Å². The average molecular weight is 456 g/mol. The number of fused-ring (bicyclic) bond motifs is 3. The van der Waals surface area contributed by atoms with Crippen molar-refractivity contribution < 1.29 is 4.74 Å². The maximum absolute atomic E-state index is 6.96. The van der Waals surface area contributed by atoms with E-state index in [1.165, 1.54) is 28.8 Å². The lowest BCUT2D eigenvalue weighted by atomic mass is 9.75. The summed E-state index contributed by atoms with van der Waals surface area (Å²) in [6.07, 6.45) is 2.79. The molecule has 0 spiro atoms. The molecular formula is C27H41N3OS. The van der Waals surface area contributed by atoms with Gasteiger partial charge in [0.2, 0.25) is 0 Å². The van der Waals surface area contributed by atoms with Crippen LogP contribution in [0.3, 0.4) is 0 Å². The molecule has 1 fully saturated rings. The molecule has 2 aromatic rings. The van der Waals surface area contributed by atoms with Crippen LogP contribution >= 0.6 is 11.3 Å². The van der Waals surface area contributed by atoms with E-state index in [0.29, 0.717) is 18.1 Å². The number of nitrogens with one attached hydrogen (secondary N) is 1. The minimum Gasteiger partial charge on any atom is -0.378 e. The first-order valence-electron chi connectivity index (χ1n) is 12.2.